The largest absolute Gasteiger partial charge is 0.329 e. The van der Waals surface area contributed by atoms with Crippen molar-refractivity contribution in [3.8, 4) is 23.2 Å². The second kappa shape index (κ2) is 16.6. The number of amides is 3. The molecule has 0 spiro atoms. The molecule has 58 heavy (non-hydrogen) atoms. The summed E-state index contributed by atoms with van der Waals surface area (Å²) in [4.78, 5) is 67.8. The summed E-state index contributed by atoms with van der Waals surface area (Å²) in [6, 6.07) is 10.5. The van der Waals surface area contributed by atoms with E-state index >= 15 is 0 Å². The summed E-state index contributed by atoms with van der Waals surface area (Å²) in [6.45, 7) is 14.7. The van der Waals surface area contributed by atoms with E-state index in [1.165, 1.54) is 23.0 Å². The van der Waals surface area contributed by atoms with E-state index < -0.39 is 11.9 Å². The number of rotatable bonds is 8. The summed E-state index contributed by atoms with van der Waals surface area (Å²) in [5.41, 5.74) is 5.26. The van der Waals surface area contributed by atoms with Crippen molar-refractivity contribution in [3.05, 3.63) is 99.8 Å². The maximum absolute atomic E-state index is 13.3. The fourth-order valence-electron chi connectivity index (χ4n) is 8.38. The molecular formula is C43H45N11O4. The number of anilines is 1. The molecule has 2 aliphatic heterocycles. The molecular weight excluding hydrogens is 735 g/mol. The van der Waals surface area contributed by atoms with Crippen LogP contribution in [0.25, 0.3) is 27.3 Å². The molecule has 1 aliphatic carbocycles. The Morgan fingerprint density at radius 1 is 1.00 bits per heavy atom. The van der Waals surface area contributed by atoms with Gasteiger partial charge in [-0.25, -0.2) is 9.64 Å². The first-order chi connectivity index (χ1) is 28.1. The van der Waals surface area contributed by atoms with Crippen LogP contribution in [0.1, 0.15) is 72.1 Å². The Morgan fingerprint density at radius 3 is 2.53 bits per heavy atom. The zero-order valence-electron chi connectivity index (χ0n) is 32.6. The van der Waals surface area contributed by atoms with Crippen LogP contribution < -0.4 is 16.3 Å². The Labute approximate surface area is 335 Å². The van der Waals surface area contributed by atoms with Crippen molar-refractivity contribution in [1.82, 2.24) is 44.0 Å². The van der Waals surface area contributed by atoms with Crippen molar-refractivity contribution >= 4 is 40.1 Å². The zero-order chi connectivity index (χ0) is 40.3. The van der Waals surface area contributed by atoms with Gasteiger partial charge in [0.1, 0.15) is 11.7 Å². The van der Waals surface area contributed by atoms with E-state index in [-0.39, 0.29) is 36.4 Å². The van der Waals surface area contributed by atoms with Crippen molar-refractivity contribution in [2.75, 3.05) is 44.6 Å². The van der Waals surface area contributed by atoms with Gasteiger partial charge < -0.3 is 10.2 Å². The van der Waals surface area contributed by atoms with E-state index in [0.717, 1.165) is 69.5 Å². The van der Waals surface area contributed by atoms with Gasteiger partial charge in [0.25, 0.3) is 5.91 Å². The number of piperidine rings is 1. The quantitative estimate of drug-likeness (QED) is 0.132. The molecule has 6 heterocycles. The minimum Gasteiger partial charge on any atom is -0.319 e. The molecule has 296 valence electrons. The summed E-state index contributed by atoms with van der Waals surface area (Å²) in [5, 5.41) is 10.3. The van der Waals surface area contributed by atoms with Gasteiger partial charge >= 0.3 is 5.69 Å². The molecule has 4 aromatic heterocycles. The predicted molar refractivity (Wildman–Crippen MR) is 218 cm³/mol. The Morgan fingerprint density at radius 2 is 1.79 bits per heavy atom. The third-order valence-electron chi connectivity index (χ3n) is 11.6. The first kappa shape index (κ1) is 38.5. The van der Waals surface area contributed by atoms with E-state index in [0.29, 0.717) is 51.8 Å². The van der Waals surface area contributed by atoms with Crippen LogP contribution in [0.15, 0.2) is 66.0 Å². The molecule has 1 unspecified atom stereocenters. The highest BCUT2D eigenvalue weighted by molar-refractivity contribution is 6.06. The average Bonchev–Trinajstić information content (AvgIpc) is 3.76. The number of carbonyl (C=O) groups is 3. The lowest BCUT2D eigenvalue weighted by molar-refractivity contribution is -0.135. The Hall–Kier alpha value is -6.42. The lowest BCUT2D eigenvalue weighted by Gasteiger charge is -2.37. The van der Waals surface area contributed by atoms with Gasteiger partial charge in [0.15, 0.2) is 0 Å². The van der Waals surface area contributed by atoms with Crippen LogP contribution in [0.4, 0.5) is 11.4 Å². The number of aromatic nitrogens is 6. The fraction of sp³-hybridized carbons (Fsp3) is 0.395. The SMILES string of the molecule is [C-]#[N+]c1cncc(C(=O)Nc2cn(C3CCC(CN4CCN(CC#Cc5cccc6c5n(C)c(=O)n6C5CCC(=O)NC5=O)CC4)CC3)nc2-c2ccc(C)cn2)c1. The van der Waals surface area contributed by atoms with Crippen LogP contribution in [-0.2, 0) is 16.6 Å². The fourth-order valence-corrected chi connectivity index (χ4v) is 8.38. The van der Waals surface area contributed by atoms with Gasteiger partial charge in [-0.3, -0.25) is 48.4 Å². The summed E-state index contributed by atoms with van der Waals surface area (Å²) in [7, 11) is 1.69. The number of piperazine rings is 1. The number of nitrogens with one attached hydrogen (secondary N) is 2. The minimum atomic E-state index is -0.731. The van der Waals surface area contributed by atoms with Crippen LogP contribution in [0.5, 0.6) is 0 Å². The maximum Gasteiger partial charge on any atom is 0.329 e. The average molecular weight is 780 g/mol. The van der Waals surface area contributed by atoms with E-state index in [9.17, 15) is 19.2 Å². The third kappa shape index (κ3) is 8.05. The number of aryl methyl sites for hydroxylation is 2. The standard InChI is InChI=1S/C43H45N11O4/c1-28-9-14-34(46-23-28)39-35(47-41(56)31-22-32(44-2)25-45-24-31)27-53(49-39)33-12-10-29(11-13-33)26-52-20-18-51(19-21-52)17-5-7-30-6-4-8-36-40(30)50(3)43(58)54(36)37-15-16-38(55)48-42(37)57/h4,6,8-9,14,22-25,27,29,33,37H,10-13,15-21,26H2,1,3H3,(H,47,56)(H,48,55,57). The number of fused-ring (bicyclic) bond motifs is 1. The normalized spacial score (nSPS) is 20.3. The van der Waals surface area contributed by atoms with Gasteiger partial charge in [-0.15, -0.1) is 0 Å². The Bertz CT molecular complexity index is 2540. The van der Waals surface area contributed by atoms with E-state index in [2.05, 4.69) is 47.1 Å². The number of hydrogen-bond donors (Lipinski definition) is 2. The zero-order valence-corrected chi connectivity index (χ0v) is 32.6. The van der Waals surface area contributed by atoms with Gasteiger partial charge in [-0.2, -0.15) is 5.10 Å². The van der Waals surface area contributed by atoms with Gasteiger partial charge in [0.05, 0.1) is 47.1 Å². The van der Waals surface area contributed by atoms with Crippen molar-refractivity contribution in [2.24, 2.45) is 13.0 Å². The van der Waals surface area contributed by atoms with Crippen LogP contribution in [0.3, 0.4) is 0 Å². The Kier molecular flexibility index (Phi) is 11.0. The molecule has 15 heteroatoms. The van der Waals surface area contributed by atoms with Crippen molar-refractivity contribution in [2.45, 2.75) is 57.5 Å². The van der Waals surface area contributed by atoms with Gasteiger partial charge in [-0.1, -0.05) is 24.0 Å². The molecule has 1 atom stereocenters. The smallest absolute Gasteiger partial charge is 0.319 e. The van der Waals surface area contributed by atoms with Gasteiger partial charge in [0, 0.05) is 76.5 Å². The van der Waals surface area contributed by atoms with Gasteiger partial charge in [0.2, 0.25) is 17.5 Å². The molecule has 0 bridgehead atoms. The molecule has 2 saturated heterocycles. The number of carbonyl (C=O) groups excluding carboxylic acids is 3. The predicted octanol–water partition coefficient (Wildman–Crippen LogP) is 4.48. The molecule has 3 aliphatic rings. The summed E-state index contributed by atoms with van der Waals surface area (Å²) >= 11 is 0. The Balaban J connectivity index is 0.854. The van der Waals surface area contributed by atoms with Crippen molar-refractivity contribution in [1.29, 1.82) is 0 Å². The molecule has 3 amide bonds. The van der Waals surface area contributed by atoms with E-state index in [1.54, 1.807) is 17.8 Å². The van der Waals surface area contributed by atoms with Crippen LogP contribution in [0, 0.1) is 31.3 Å². The van der Waals surface area contributed by atoms with Crippen molar-refractivity contribution in [3.63, 3.8) is 0 Å². The highest BCUT2D eigenvalue weighted by Gasteiger charge is 2.32. The van der Waals surface area contributed by atoms with Crippen LogP contribution in [0.2, 0.25) is 0 Å². The number of para-hydroxylation sites is 1. The summed E-state index contributed by atoms with van der Waals surface area (Å²) in [5.74, 6) is 6.10. The highest BCUT2D eigenvalue weighted by atomic mass is 16.2. The maximum atomic E-state index is 13.3. The molecule has 0 radical (unpaired) electrons. The van der Waals surface area contributed by atoms with Crippen LogP contribution in [-0.4, -0.2) is 95.7 Å². The monoisotopic (exact) mass is 779 g/mol. The molecule has 15 nitrogen and oxygen atoms in total. The lowest BCUT2D eigenvalue weighted by atomic mass is 9.85. The summed E-state index contributed by atoms with van der Waals surface area (Å²) in [6.07, 6.45) is 11.2. The molecule has 5 aromatic rings. The molecule has 3 fully saturated rings. The first-order valence-electron chi connectivity index (χ1n) is 19.8. The van der Waals surface area contributed by atoms with E-state index in [1.807, 2.05) is 48.1 Å². The number of benzene rings is 1. The molecule has 2 N–H and O–H groups in total. The topological polar surface area (TPSA) is 157 Å². The molecule has 1 saturated carbocycles. The second-order valence-corrected chi connectivity index (χ2v) is 15.5. The highest BCUT2D eigenvalue weighted by Crippen LogP contribution is 2.35. The first-order valence-corrected chi connectivity index (χ1v) is 19.8. The number of nitrogens with zero attached hydrogens (tertiary/aromatic N) is 9. The van der Waals surface area contributed by atoms with Crippen LogP contribution >= 0.6 is 0 Å². The number of imidazole rings is 1. The molecule has 8 rings (SSSR count). The third-order valence-corrected chi connectivity index (χ3v) is 11.6. The van der Waals surface area contributed by atoms with Crippen molar-refractivity contribution < 1.29 is 14.4 Å². The molecule has 1 aromatic carbocycles. The second-order valence-electron chi connectivity index (χ2n) is 15.5. The van der Waals surface area contributed by atoms with E-state index in [4.69, 9.17) is 11.7 Å². The lowest BCUT2D eigenvalue weighted by Crippen LogP contribution is -2.48. The number of imide groups is 1. The summed E-state index contributed by atoms with van der Waals surface area (Å²) < 4.78 is 5.02. The number of hydrogen-bond acceptors (Lipinski definition) is 9. The number of pyridine rings is 2. The van der Waals surface area contributed by atoms with Gasteiger partial charge in [-0.05, 0) is 74.8 Å². The minimum absolute atomic E-state index is 0.195.